The lowest BCUT2D eigenvalue weighted by atomic mass is 9.85. The number of benzene rings is 1. The highest BCUT2D eigenvalue weighted by molar-refractivity contribution is 6.31. The maximum atomic E-state index is 13.1. The van der Waals surface area contributed by atoms with Gasteiger partial charge in [0.25, 0.3) is 0 Å². The van der Waals surface area contributed by atoms with Crippen molar-refractivity contribution in [1.29, 1.82) is 0 Å². The van der Waals surface area contributed by atoms with E-state index in [0.29, 0.717) is 18.5 Å². The number of halogens is 2. The fourth-order valence-electron chi connectivity index (χ4n) is 2.94. The van der Waals surface area contributed by atoms with Crippen molar-refractivity contribution in [2.45, 2.75) is 12.8 Å². The largest absolute Gasteiger partial charge is 0.324 e. The van der Waals surface area contributed by atoms with E-state index in [2.05, 4.69) is 5.32 Å². The number of nitrogens with one attached hydrogen (secondary N) is 1. The van der Waals surface area contributed by atoms with Gasteiger partial charge in [0.2, 0.25) is 17.7 Å². The second-order valence-electron chi connectivity index (χ2n) is 5.60. The summed E-state index contributed by atoms with van der Waals surface area (Å²) in [6.07, 6.45) is 4.83. The van der Waals surface area contributed by atoms with Crippen LogP contribution in [0.3, 0.4) is 0 Å². The van der Waals surface area contributed by atoms with Gasteiger partial charge >= 0.3 is 0 Å². The smallest absolute Gasteiger partial charge is 0.244 e. The molecule has 2 aliphatic rings. The zero-order chi connectivity index (χ0) is 16.6. The normalized spacial score (nSPS) is 23.1. The molecule has 0 bridgehead atoms. The standard InChI is InChI=1S/C16H14ClFN2O3/c17-12-7-9(5-6-13(12)18)19-14(21)8-20-15(22)10-3-1-2-4-11(10)16(20)23/h1-2,5-7,10-11H,3-4,8H2,(H,19,21). The average Bonchev–Trinajstić information content (AvgIpc) is 2.76. The van der Waals surface area contributed by atoms with Gasteiger partial charge in [0.05, 0.1) is 16.9 Å². The number of allylic oxidation sites excluding steroid dienone is 2. The average molecular weight is 337 g/mol. The van der Waals surface area contributed by atoms with E-state index < -0.39 is 11.7 Å². The van der Waals surface area contributed by atoms with Crippen LogP contribution in [0.2, 0.25) is 5.02 Å². The number of anilines is 1. The summed E-state index contributed by atoms with van der Waals surface area (Å²) < 4.78 is 13.1. The van der Waals surface area contributed by atoms with Crippen LogP contribution >= 0.6 is 11.6 Å². The molecule has 2 atom stereocenters. The van der Waals surface area contributed by atoms with E-state index in [-0.39, 0.29) is 35.2 Å². The summed E-state index contributed by atoms with van der Waals surface area (Å²) in [6.45, 7) is -0.348. The van der Waals surface area contributed by atoms with Gasteiger partial charge in [-0.1, -0.05) is 23.8 Å². The molecule has 0 spiro atoms. The molecule has 3 rings (SSSR count). The Morgan fingerprint density at radius 3 is 2.39 bits per heavy atom. The number of imide groups is 1. The van der Waals surface area contributed by atoms with E-state index in [4.69, 9.17) is 11.6 Å². The van der Waals surface area contributed by atoms with E-state index in [1.807, 2.05) is 12.2 Å². The molecular formula is C16H14ClFN2O3. The monoisotopic (exact) mass is 336 g/mol. The number of nitrogens with zero attached hydrogens (tertiary/aromatic N) is 1. The molecule has 1 aliphatic heterocycles. The maximum absolute atomic E-state index is 13.1. The third-order valence-corrected chi connectivity index (χ3v) is 4.39. The van der Waals surface area contributed by atoms with Crippen LogP contribution in [-0.2, 0) is 14.4 Å². The molecule has 1 N–H and O–H groups in total. The number of fused-ring (bicyclic) bond motifs is 1. The Morgan fingerprint density at radius 2 is 1.83 bits per heavy atom. The molecule has 0 aromatic heterocycles. The quantitative estimate of drug-likeness (QED) is 0.680. The second-order valence-corrected chi connectivity index (χ2v) is 6.00. The maximum Gasteiger partial charge on any atom is 0.244 e. The summed E-state index contributed by atoms with van der Waals surface area (Å²) in [5.41, 5.74) is 0.305. The molecule has 1 fully saturated rings. The summed E-state index contributed by atoms with van der Waals surface area (Å²) >= 11 is 5.64. The molecule has 120 valence electrons. The van der Waals surface area contributed by atoms with Gasteiger partial charge in [0.15, 0.2) is 0 Å². The molecule has 0 radical (unpaired) electrons. The number of carbonyl (C=O) groups is 3. The van der Waals surface area contributed by atoms with E-state index in [1.165, 1.54) is 12.1 Å². The van der Waals surface area contributed by atoms with Crippen molar-refractivity contribution in [2.24, 2.45) is 11.8 Å². The van der Waals surface area contributed by atoms with Gasteiger partial charge in [-0.05, 0) is 31.0 Å². The minimum atomic E-state index is -0.592. The summed E-state index contributed by atoms with van der Waals surface area (Å²) in [7, 11) is 0. The van der Waals surface area contributed by atoms with Gasteiger partial charge in [0, 0.05) is 5.69 Å². The first-order valence-corrected chi connectivity index (χ1v) is 7.60. The van der Waals surface area contributed by atoms with E-state index in [9.17, 15) is 18.8 Å². The van der Waals surface area contributed by atoms with Gasteiger partial charge in [-0.3, -0.25) is 19.3 Å². The van der Waals surface area contributed by atoms with Crippen LogP contribution < -0.4 is 5.32 Å². The van der Waals surface area contributed by atoms with E-state index >= 15 is 0 Å². The Labute approximate surface area is 137 Å². The number of likely N-dealkylation sites (tertiary alicyclic amines) is 1. The SMILES string of the molecule is O=C(CN1C(=O)C2CC=CCC2C1=O)Nc1ccc(F)c(Cl)c1. The minimum absolute atomic E-state index is 0.117. The molecule has 1 saturated heterocycles. The highest BCUT2D eigenvalue weighted by atomic mass is 35.5. The molecule has 0 saturated carbocycles. The van der Waals surface area contributed by atoms with Crippen molar-refractivity contribution in [2.75, 3.05) is 11.9 Å². The van der Waals surface area contributed by atoms with Crippen LogP contribution in [0.25, 0.3) is 0 Å². The van der Waals surface area contributed by atoms with Gasteiger partial charge < -0.3 is 5.32 Å². The fourth-order valence-corrected chi connectivity index (χ4v) is 3.12. The third-order valence-electron chi connectivity index (χ3n) is 4.10. The molecule has 2 unspecified atom stereocenters. The minimum Gasteiger partial charge on any atom is -0.324 e. The number of hydrogen-bond acceptors (Lipinski definition) is 3. The van der Waals surface area contributed by atoms with Gasteiger partial charge in [0.1, 0.15) is 12.4 Å². The first kappa shape index (κ1) is 15.7. The topological polar surface area (TPSA) is 66.5 Å². The highest BCUT2D eigenvalue weighted by Gasteiger charge is 2.47. The Morgan fingerprint density at radius 1 is 1.22 bits per heavy atom. The molecule has 3 amide bonds. The number of carbonyl (C=O) groups excluding carboxylic acids is 3. The van der Waals surface area contributed by atoms with Crippen LogP contribution in [0.5, 0.6) is 0 Å². The Bertz CT molecular complexity index is 693. The molecule has 1 aromatic rings. The van der Waals surface area contributed by atoms with Gasteiger partial charge in [-0.25, -0.2) is 4.39 Å². The van der Waals surface area contributed by atoms with Crippen molar-refractivity contribution < 1.29 is 18.8 Å². The molecule has 1 heterocycles. The Hall–Kier alpha value is -2.21. The van der Waals surface area contributed by atoms with Gasteiger partial charge in [-0.2, -0.15) is 0 Å². The summed E-state index contributed by atoms with van der Waals surface area (Å²) in [4.78, 5) is 37.6. The second kappa shape index (κ2) is 6.12. The Kier molecular flexibility index (Phi) is 4.17. The lowest BCUT2D eigenvalue weighted by Gasteiger charge is -2.14. The van der Waals surface area contributed by atoms with E-state index in [1.54, 1.807) is 0 Å². The number of hydrogen-bond donors (Lipinski definition) is 1. The summed E-state index contributed by atoms with van der Waals surface area (Å²) in [5.74, 6) is -2.46. The van der Waals surface area contributed by atoms with Crippen LogP contribution in [0.4, 0.5) is 10.1 Å². The van der Waals surface area contributed by atoms with Gasteiger partial charge in [-0.15, -0.1) is 0 Å². The van der Waals surface area contributed by atoms with Crippen molar-refractivity contribution in [1.82, 2.24) is 4.90 Å². The third kappa shape index (κ3) is 2.99. The first-order chi connectivity index (χ1) is 11.0. The van der Waals surface area contributed by atoms with E-state index in [0.717, 1.165) is 11.0 Å². The highest BCUT2D eigenvalue weighted by Crippen LogP contribution is 2.34. The molecule has 1 aromatic carbocycles. The lowest BCUT2D eigenvalue weighted by molar-refractivity contribution is -0.142. The van der Waals surface area contributed by atoms with Crippen LogP contribution in [-0.4, -0.2) is 29.2 Å². The molecule has 23 heavy (non-hydrogen) atoms. The first-order valence-electron chi connectivity index (χ1n) is 7.22. The summed E-state index contributed by atoms with van der Waals surface area (Å²) in [6, 6.07) is 3.76. The van der Waals surface area contributed by atoms with Crippen molar-refractivity contribution >= 4 is 35.0 Å². The molecule has 1 aliphatic carbocycles. The van der Waals surface area contributed by atoms with Crippen molar-refractivity contribution in [3.05, 3.63) is 41.2 Å². The van der Waals surface area contributed by atoms with Crippen LogP contribution in [0.1, 0.15) is 12.8 Å². The zero-order valence-electron chi connectivity index (χ0n) is 12.1. The van der Waals surface area contributed by atoms with Crippen LogP contribution in [0, 0.1) is 17.7 Å². The molecule has 7 heteroatoms. The zero-order valence-corrected chi connectivity index (χ0v) is 12.8. The fraction of sp³-hybridized carbons (Fsp3) is 0.312. The molecule has 5 nitrogen and oxygen atoms in total. The number of amides is 3. The lowest BCUT2D eigenvalue weighted by Crippen LogP contribution is -2.38. The predicted octanol–water partition coefficient (Wildman–Crippen LogP) is 2.37. The predicted molar refractivity (Wildman–Crippen MR) is 82.1 cm³/mol. The number of rotatable bonds is 3. The summed E-state index contributed by atoms with van der Waals surface area (Å²) in [5, 5.41) is 2.39. The van der Waals surface area contributed by atoms with Crippen molar-refractivity contribution in [3.8, 4) is 0 Å². The molecular weight excluding hydrogens is 323 g/mol. The van der Waals surface area contributed by atoms with Crippen LogP contribution in [0.15, 0.2) is 30.4 Å². The van der Waals surface area contributed by atoms with Crippen molar-refractivity contribution in [3.63, 3.8) is 0 Å². The Balaban J connectivity index is 1.67.